The average molecular weight is 511 g/mol. The van der Waals surface area contributed by atoms with E-state index in [1.165, 1.54) is 58.3 Å². The van der Waals surface area contributed by atoms with Gasteiger partial charge < -0.3 is 18.9 Å². The van der Waals surface area contributed by atoms with E-state index in [-0.39, 0.29) is 25.6 Å². The highest BCUT2D eigenvalue weighted by Crippen LogP contribution is 2.43. The molecule has 2 atom stereocenters. The Balaban J connectivity index is 4.03. The number of carbonyl (C=O) groups is 2. The molecule has 0 spiro atoms. The summed E-state index contributed by atoms with van der Waals surface area (Å²) in [5, 5.41) is 0. The van der Waals surface area contributed by atoms with Gasteiger partial charge in [0, 0.05) is 13.3 Å². The van der Waals surface area contributed by atoms with Gasteiger partial charge in [0.15, 0.2) is 6.10 Å². The molecule has 9 nitrogen and oxygen atoms in total. The summed E-state index contributed by atoms with van der Waals surface area (Å²) in [5.74, 6) is -0.992. The van der Waals surface area contributed by atoms with Crippen molar-refractivity contribution < 1.29 is 42.1 Å². The fourth-order valence-corrected chi connectivity index (χ4v) is 3.93. The maximum absolute atomic E-state index is 12.0. The second-order valence-electron chi connectivity index (χ2n) is 9.81. The van der Waals surface area contributed by atoms with Crippen LogP contribution in [0.25, 0.3) is 0 Å². The zero-order chi connectivity index (χ0) is 25.9. The SMILES string of the molecule is CCCCCCCCCCCCCC(=O)OCC(COP(=O)(O)OCC[N+](C)(C)C)OC(C)=O. The molecule has 0 bridgehead atoms. The van der Waals surface area contributed by atoms with Crippen LogP contribution in [0.5, 0.6) is 0 Å². The molecule has 1 N–H and O–H groups in total. The van der Waals surface area contributed by atoms with Crippen molar-refractivity contribution in [1.82, 2.24) is 0 Å². The molecular formula is C24H49NO8P+. The molecule has 0 saturated carbocycles. The minimum absolute atomic E-state index is 0.0312. The van der Waals surface area contributed by atoms with Crippen LogP contribution in [0.2, 0.25) is 0 Å². The Morgan fingerprint density at radius 3 is 1.88 bits per heavy atom. The third kappa shape index (κ3) is 22.8. The van der Waals surface area contributed by atoms with Gasteiger partial charge in [-0.05, 0) is 6.42 Å². The molecule has 34 heavy (non-hydrogen) atoms. The second-order valence-corrected chi connectivity index (χ2v) is 11.3. The van der Waals surface area contributed by atoms with Crippen LogP contribution in [-0.4, -0.2) is 74.9 Å². The molecule has 0 amide bonds. The number of carbonyl (C=O) groups excluding carboxylic acids is 2. The summed E-state index contributed by atoms with van der Waals surface area (Å²) in [6.07, 6.45) is 12.4. The van der Waals surface area contributed by atoms with Gasteiger partial charge in [-0.2, -0.15) is 0 Å². The number of phosphoric acid groups is 1. The molecular weight excluding hydrogens is 461 g/mol. The molecule has 0 fully saturated rings. The first kappa shape index (κ1) is 33.0. The molecule has 0 aromatic heterocycles. The quantitative estimate of drug-likeness (QED) is 0.0938. The van der Waals surface area contributed by atoms with Gasteiger partial charge in [-0.3, -0.25) is 18.6 Å². The molecule has 0 rings (SSSR count). The lowest BCUT2D eigenvalue weighted by Crippen LogP contribution is -2.37. The molecule has 0 aliphatic rings. The number of hydrogen-bond donors (Lipinski definition) is 1. The lowest BCUT2D eigenvalue weighted by atomic mass is 10.1. The summed E-state index contributed by atoms with van der Waals surface area (Å²) in [7, 11) is 1.47. The van der Waals surface area contributed by atoms with E-state index in [0.29, 0.717) is 11.0 Å². The third-order valence-electron chi connectivity index (χ3n) is 5.19. The van der Waals surface area contributed by atoms with E-state index < -0.39 is 26.5 Å². The van der Waals surface area contributed by atoms with Crippen molar-refractivity contribution in [3.05, 3.63) is 0 Å². The van der Waals surface area contributed by atoms with Crippen molar-refractivity contribution in [2.24, 2.45) is 0 Å². The Hall–Kier alpha value is -0.990. The van der Waals surface area contributed by atoms with Gasteiger partial charge in [-0.1, -0.05) is 71.1 Å². The van der Waals surface area contributed by atoms with Crippen molar-refractivity contribution >= 4 is 19.8 Å². The molecule has 0 aromatic carbocycles. The van der Waals surface area contributed by atoms with E-state index in [1.54, 1.807) is 0 Å². The number of unbranched alkanes of at least 4 members (excludes halogenated alkanes) is 10. The Bertz CT molecular complexity index is 594. The first-order valence-electron chi connectivity index (χ1n) is 12.7. The summed E-state index contributed by atoms with van der Waals surface area (Å²) in [6, 6.07) is 0. The zero-order valence-corrected chi connectivity index (χ0v) is 23.0. The zero-order valence-electron chi connectivity index (χ0n) is 22.1. The summed E-state index contributed by atoms with van der Waals surface area (Å²) in [4.78, 5) is 33.1. The van der Waals surface area contributed by atoms with Crippen LogP contribution < -0.4 is 0 Å². The fourth-order valence-electron chi connectivity index (χ4n) is 3.19. The van der Waals surface area contributed by atoms with Crippen LogP contribution in [0, 0.1) is 0 Å². The van der Waals surface area contributed by atoms with Crippen molar-refractivity contribution in [3.8, 4) is 0 Å². The fraction of sp³-hybridized carbons (Fsp3) is 0.917. The number of esters is 2. The minimum atomic E-state index is -4.31. The van der Waals surface area contributed by atoms with Gasteiger partial charge in [0.2, 0.25) is 0 Å². The maximum atomic E-state index is 12.0. The van der Waals surface area contributed by atoms with Crippen molar-refractivity contribution in [3.63, 3.8) is 0 Å². The number of quaternary nitrogens is 1. The van der Waals surface area contributed by atoms with Crippen LogP contribution in [0.4, 0.5) is 0 Å². The normalized spacial score (nSPS) is 14.4. The molecule has 0 aliphatic carbocycles. The predicted octanol–water partition coefficient (Wildman–Crippen LogP) is 5.00. The Kier molecular flexibility index (Phi) is 18.7. The molecule has 202 valence electrons. The summed E-state index contributed by atoms with van der Waals surface area (Å²) >= 11 is 0. The van der Waals surface area contributed by atoms with Gasteiger partial charge in [0.25, 0.3) is 0 Å². The maximum Gasteiger partial charge on any atom is 0.472 e. The van der Waals surface area contributed by atoms with E-state index >= 15 is 0 Å². The second kappa shape index (κ2) is 19.2. The highest BCUT2D eigenvalue weighted by Gasteiger charge is 2.26. The Labute approximate surface area is 206 Å². The summed E-state index contributed by atoms with van der Waals surface area (Å²) in [6.45, 7) is 3.32. The van der Waals surface area contributed by atoms with Gasteiger partial charge in [-0.15, -0.1) is 0 Å². The van der Waals surface area contributed by atoms with Gasteiger partial charge >= 0.3 is 19.8 Å². The largest absolute Gasteiger partial charge is 0.472 e. The van der Waals surface area contributed by atoms with E-state index in [2.05, 4.69) is 6.92 Å². The van der Waals surface area contributed by atoms with Crippen molar-refractivity contribution in [2.75, 3.05) is 47.5 Å². The number of ether oxygens (including phenoxy) is 2. The highest BCUT2D eigenvalue weighted by molar-refractivity contribution is 7.47. The predicted molar refractivity (Wildman–Crippen MR) is 132 cm³/mol. The van der Waals surface area contributed by atoms with Gasteiger partial charge in [0.05, 0.1) is 27.7 Å². The summed E-state index contributed by atoms with van der Waals surface area (Å²) in [5.41, 5.74) is 0. The molecule has 0 heterocycles. The van der Waals surface area contributed by atoms with Crippen molar-refractivity contribution in [2.45, 2.75) is 97.0 Å². The molecule has 0 aromatic rings. The van der Waals surface area contributed by atoms with E-state index in [4.69, 9.17) is 18.5 Å². The van der Waals surface area contributed by atoms with Gasteiger partial charge in [0.1, 0.15) is 19.8 Å². The number of nitrogens with zero attached hydrogens (tertiary/aromatic N) is 1. The van der Waals surface area contributed by atoms with Crippen LogP contribution in [0.15, 0.2) is 0 Å². The van der Waals surface area contributed by atoms with Crippen LogP contribution >= 0.6 is 7.82 Å². The van der Waals surface area contributed by atoms with Crippen LogP contribution in [-0.2, 0) is 32.7 Å². The number of rotatable bonds is 22. The first-order valence-corrected chi connectivity index (χ1v) is 14.2. The van der Waals surface area contributed by atoms with Crippen LogP contribution in [0.3, 0.4) is 0 Å². The lowest BCUT2D eigenvalue weighted by molar-refractivity contribution is -0.870. The topological polar surface area (TPSA) is 108 Å². The standard InChI is InChI=1S/C24H48NO8P/c1-6-7-8-9-10-11-12-13-14-15-16-17-24(27)30-20-23(33-22(2)26)21-32-34(28,29)31-19-18-25(3,4)5/h23H,6-21H2,1-5H3/p+1. The molecule has 0 radical (unpaired) electrons. The van der Waals surface area contributed by atoms with E-state index in [9.17, 15) is 19.0 Å². The van der Waals surface area contributed by atoms with Gasteiger partial charge in [-0.25, -0.2) is 4.57 Å². The molecule has 0 aliphatic heterocycles. The first-order chi connectivity index (χ1) is 15.9. The highest BCUT2D eigenvalue weighted by atomic mass is 31.2. The number of phosphoric ester groups is 1. The third-order valence-corrected chi connectivity index (χ3v) is 6.17. The number of hydrogen-bond acceptors (Lipinski definition) is 7. The Morgan fingerprint density at radius 2 is 1.38 bits per heavy atom. The monoisotopic (exact) mass is 510 g/mol. The number of likely N-dealkylation sites (N-methyl/N-ethyl adjacent to an activating group) is 1. The Morgan fingerprint density at radius 1 is 0.853 bits per heavy atom. The lowest BCUT2D eigenvalue weighted by Gasteiger charge is -2.24. The molecule has 0 saturated heterocycles. The van der Waals surface area contributed by atoms with E-state index in [0.717, 1.165) is 19.3 Å². The van der Waals surface area contributed by atoms with Crippen LogP contribution in [0.1, 0.15) is 90.9 Å². The smallest absolute Gasteiger partial charge is 0.462 e. The van der Waals surface area contributed by atoms with E-state index in [1.807, 2.05) is 21.1 Å². The summed E-state index contributed by atoms with van der Waals surface area (Å²) < 4.78 is 32.6. The molecule has 2 unspecified atom stereocenters. The molecule has 10 heteroatoms. The van der Waals surface area contributed by atoms with Crippen molar-refractivity contribution in [1.29, 1.82) is 0 Å². The average Bonchev–Trinajstić information content (AvgIpc) is 2.72. The minimum Gasteiger partial charge on any atom is -0.462 e.